The van der Waals surface area contributed by atoms with E-state index in [1.54, 1.807) is 0 Å². The number of aromatic nitrogens is 2. The Balaban J connectivity index is 2.18. The number of anilines is 1. The average molecular weight is 312 g/mol. The third-order valence-corrected chi connectivity index (χ3v) is 4.93. The van der Waals surface area contributed by atoms with Crippen molar-refractivity contribution in [2.75, 3.05) is 11.6 Å². The van der Waals surface area contributed by atoms with Gasteiger partial charge >= 0.3 is 0 Å². The zero-order valence-corrected chi connectivity index (χ0v) is 13.0. The predicted molar refractivity (Wildman–Crippen MR) is 85.5 cm³/mol. The van der Waals surface area contributed by atoms with E-state index in [-0.39, 0.29) is 18.1 Å². The van der Waals surface area contributed by atoms with Crippen LogP contribution in [0.5, 0.6) is 0 Å². The molecule has 0 spiro atoms. The van der Waals surface area contributed by atoms with E-state index in [1.807, 2.05) is 11.8 Å². The van der Waals surface area contributed by atoms with Gasteiger partial charge < -0.3 is 5.32 Å². The zero-order valence-electron chi connectivity index (χ0n) is 11.4. The van der Waals surface area contributed by atoms with Crippen molar-refractivity contribution in [1.29, 1.82) is 0 Å². The maximum atomic E-state index is 12.3. The van der Waals surface area contributed by atoms with E-state index in [9.17, 15) is 4.79 Å². The number of terminal acetylenes is 1. The molecule has 1 N–H and O–H groups in total. The van der Waals surface area contributed by atoms with Gasteiger partial charge in [-0.05, 0) is 25.5 Å². The minimum atomic E-state index is -0.248. The van der Waals surface area contributed by atoms with Gasteiger partial charge in [0.1, 0.15) is 12.2 Å². The molecule has 2 unspecified atom stereocenters. The van der Waals surface area contributed by atoms with E-state index >= 15 is 0 Å². The van der Waals surface area contributed by atoms with Gasteiger partial charge in [0.2, 0.25) is 0 Å². The van der Waals surface area contributed by atoms with Crippen LogP contribution in [0, 0.1) is 12.3 Å². The summed E-state index contributed by atoms with van der Waals surface area (Å²) < 4.78 is 1.25. The fourth-order valence-corrected chi connectivity index (χ4v) is 3.50. The van der Waals surface area contributed by atoms with Crippen LogP contribution in [-0.2, 0) is 6.54 Å². The molecule has 1 aliphatic rings. The summed E-state index contributed by atoms with van der Waals surface area (Å²) in [6.07, 6.45) is 13.4. The average Bonchev–Trinajstić information content (AvgIpc) is 2.47. The van der Waals surface area contributed by atoms with Crippen molar-refractivity contribution in [3.8, 4) is 12.3 Å². The van der Waals surface area contributed by atoms with Crippen molar-refractivity contribution in [1.82, 2.24) is 9.78 Å². The lowest BCUT2D eigenvalue weighted by molar-refractivity contribution is 0.472. The molecule has 0 radical (unpaired) electrons. The van der Waals surface area contributed by atoms with Crippen molar-refractivity contribution < 1.29 is 0 Å². The Kier molecular flexibility index (Phi) is 5.38. The van der Waals surface area contributed by atoms with Gasteiger partial charge in [0.05, 0.1) is 11.2 Å². The lowest BCUT2D eigenvalue weighted by Gasteiger charge is -2.29. The van der Waals surface area contributed by atoms with Crippen LogP contribution in [0.25, 0.3) is 0 Å². The van der Waals surface area contributed by atoms with Gasteiger partial charge in [-0.15, -0.1) is 6.42 Å². The molecular weight excluding hydrogens is 294 g/mol. The van der Waals surface area contributed by atoms with Gasteiger partial charge in [0, 0.05) is 11.3 Å². The maximum Gasteiger partial charge on any atom is 0.292 e. The van der Waals surface area contributed by atoms with Crippen molar-refractivity contribution in [3.63, 3.8) is 0 Å². The Morgan fingerprint density at radius 1 is 1.65 bits per heavy atom. The molecule has 1 heterocycles. The van der Waals surface area contributed by atoms with Crippen LogP contribution in [0.3, 0.4) is 0 Å². The molecule has 2 rings (SSSR count). The van der Waals surface area contributed by atoms with Gasteiger partial charge in [0.15, 0.2) is 0 Å². The molecular formula is C14H18ClN3OS. The van der Waals surface area contributed by atoms with Crippen LogP contribution < -0.4 is 10.9 Å². The number of nitrogens with one attached hydrogen (secondary N) is 1. The first-order valence-corrected chi connectivity index (χ1v) is 8.30. The molecule has 20 heavy (non-hydrogen) atoms. The van der Waals surface area contributed by atoms with Crippen molar-refractivity contribution >= 4 is 29.1 Å². The minimum Gasteiger partial charge on any atom is -0.376 e. The van der Waals surface area contributed by atoms with Crippen molar-refractivity contribution in [2.45, 2.75) is 43.5 Å². The largest absolute Gasteiger partial charge is 0.376 e. The second kappa shape index (κ2) is 7.05. The van der Waals surface area contributed by atoms with Gasteiger partial charge in [-0.3, -0.25) is 4.79 Å². The van der Waals surface area contributed by atoms with Crippen LogP contribution in [0.1, 0.15) is 25.7 Å². The Morgan fingerprint density at radius 2 is 2.45 bits per heavy atom. The number of halogens is 1. The molecule has 6 heteroatoms. The van der Waals surface area contributed by atoms with E-state index in [1.165, 1.54) is 23.7 Å². The lowest BCUT2D eigenvalue weighted by atomic mass is 9.95. The van der Waals surface area contributed by atoms with E-state index in [4.69, 9.17) is 18.0 Å². The fourth-order valence-electron chi connectivity index (χ4n) is 2.49. The Bertz CT molecular complexity index is 567. The molecule has 0 amide bonds. The van der Waals surface area contributed by atoms with Crippen LogP contribution in [0.2, 0.25) is 5.02 Å². The van der Waals surface area contributed by atoms with Gasteiger partial charge in [-0.1, -0.05) is 23.9 Å². The highest BCUT2D eigenvalue weighted by atomic mass is 35.5. The van der Waals surface area contributed by atoms with Crippen LogP contribution in [0.4, 0.5) is 5.69 Å². The first-order chi connectivity index (χ1) is 9.65. The Labute approximate surface area is 128 Å². The number of hydrogen-bond donors (Lipinski definition) is 1. The number of thioether (sulfide) groups is 1. The monoisotopic (exact) mass is 311 g/mol. The summed E-state index contributed by atoms with van der Waals surface area (Å²) in [6.45, 7) is 0.156. The molecule has 1 fully saturated rings. The summed E-state index contributed by atoms with van der Waals surface area (Å²) in [5.74, 6) is 2.42. The van der Waals surface area contributed by atoms with E-state index < -0.39 is 0 Å². The SMILES string of the molecule is C#CCn1ncc(Cl)c(NC2CCCC(SC)C2)c1=O. The summed E-state index contributed by atoms with van der Waals surface area (Å²) in [4.78, 5) is 12.3. The predicted octanol–water partition coefficient (Wildman–Crippen LogP) is 2.62. The molecule has 0 aromatic carbocycles. The highest BCUT2D eigenvalue weighted by Gasteiger charge is 2.23. The van der Waals surface area contributed by atoms with E-state index in [0.29, 0.717) is 16.0 Å². The third-order valence-electron chi connectivity index (χ3n) is 3.55. The normalized spacial score (nSPS) is 22.2. The minimum absolute atomic E-state index is 0.156. The smallest absolute Gasteiger partial charge is 0.292 e. The molecule has 1 aromatic heterocycles. The topological polar surface area (TPSA) is 46.9 Å². The quantitative estimate of drug-likeness (QED) is 0.868. The third kappa shape index (κ3) is 3.50. The Morgan fingerprint density at radius 3 is 3.15 bits per heavy atom. The van der Waals surface area contributed by atoms with E-state index in [2.05, 4.69) is 22.6 Å². The number of nitrogens with zero attached hydrogens (tertiary/aromatic N) is 2. The van der Waals surface area contributed by atoms with Gasteiger partial charge in [-0.2, -0.15) is 16.9 Å². The molecule has 108 valence electrons. The summed E-state index contributed by atoms with van der Waals surface area (Å²) in [5.41, 5.74) is 0.172. The molecule has 4 nitrogen and oxygen atoms in total. The summed E-state index contributed by atoms with van der Waals surface area (Å²) in [5, 5.41) is 8.24. The highest BCUT2D eigenvalue weighted by molar-refractivity contribution is 7.99. The highest BCUT2D eigenvalue weighted by Crippen LogP contribution is 2.29. The second-order valence-electron chi connectivity index (χ2n) is 4.90. The van der Waals surface area contributed by atoms with Crippen LogP contribution in [0.15, 0.2) is 11.0 Å². The van der Waals surface area contributed by atoms with Gasteiger partial charge in [-0.25, -0.2) is 4.68 Å². The molecule has 1 saturated carbocycles. The molecule has 0 saturated heterocycles. The Hall–Kier alpha value is -1.12. The second-order valence-corrected chi connectivity index (χ2v) is 6.45. The standard InChI is InChI=1S/C14H18ClN3OS/c1-3-7-18-14(19)13(12(15)9-16-18)17-10-5-4-6-11(8-10)20-2/h1,9-11,17H,4-8H2,2H3. The van der Waals surface area contributed by atoms with Crippen molar-refractivity contribution in [3.05, 3.63) is 21.6 Å². The van der Waals surface area contributed by atoms with Gasteiger partial charge in [0.25, 0.3) is 5.56 Å². The number of hydrogen-bond acceptors (Lipinski definition) is 4. The first-order valence-electron chi connectivity index (χ1n) is 6.64. The summed E-state index contributed by atoms with van der Waals surface area (Å²) >= 11 is 7.98. The van der Waals surface area contributed by atoms with Crippen molar-refractivity contribution in [2.24, 2.45) is 0 Å². The fraction of sp³-hybridized carbons (Fsp3) is 0.571. The van der Waals surface area contributed by atoms with Crippen LogP contribution in [-0.4, -0.2) is 27.3 Å². The molecule has 1 aliphatic carbocycles. The lowest BCUT2D eigenvalue weighted by Crippen LogP contribution is -2.33. The molecule has 0 aliphatic heterocycles. The summed E-state index contributed by atoms with van der Waals surface area (Å²) in [6, 6.07) is 0.285. The maximum absolute atomic E-state index is 12.3. The summed E-state index contributed by atoms with van der Waals surface area (Å²) in [7, 11) is 0. The molecule has 2 atom stereocenters. The number of rotatable bonds is 4. The first kappa shape index (κ1) is 15.3. The van der Waals surface area contributed by atoms with E-state index in [0.717, 1.165) is 12.8 Å². The molecule has 0 bridgehead atoms. The molecule has 1 aromatic rings. The van der Waals surface area contributed by atoms with Crippen LogP contribution >= 0.6 is 23.4 Å². The zero-order chi connectivity index (χ0) is 14.5.